The Morgan fingerprint density at radius 2 is 1.73 bits per heavy atom. The highest BCUT2D eigenvalue weighted by Crippen LogP contribution is 2.68. The van der Waals surface area contributed by atoms with Gasteiger partial charge in [0, 0.05) is 28.2 Å². The largest absolute Gasteiger partial charge is 0.490 e. The summed E-state index contributed by atoms with van der Waals surface area (Å²) in [6.07, 6.45) is 0.720. The number of esters is 1. The van der Waals surface area contributed by atoms with E-state index in [0.29, 0.717) is 23.8 Å². The molecule has 45 heavy (non-hydrogen) atoms. The van der Waals surface area contributed by atoms with Gasteiger partial charge in [-0.15, -0.1) is 11.8 Å². The fourth-order valence-electron chi connectivity index (χ4n) is 7.81. The number of nitrogens with zero attached hydrogens (tertiary/aromatic N) is 2. The highest BCUT2D eigenvalue weighted by atomic mass is 32.2. The molecule has 4 unspecified atom stereocenters. The Morgan fingerprint density at radius 3 is 2.42 bits per heavy atom. The first kappa shape index (κ1) is 29.5. The molecule has 1 saturated heterocycles. The van der Waals surface area contributed by atoms with Gasteiger partial charge in [-0.05, 0) is 67.9 Å². The summed E-state index contributed by atoms with van der Waals surface area (Å²) in [4.78, 5) is 67.9. The van der Waals surface area contributed by atoms with Crippen LogP contribution in [0.5, 0.6) is 11.5 Å². The molecule has 2 aliphatic heterocycles. The number of aromatic nitrogens is 1. The molecule has 4 aliphatic rings. The molecular weight excluding hydrogens is 622 g/mol. The number of amides is 2. The second-order valence-electron chi connectivity index (χ2n) is 11.5. The van der Waals surface area contributed by atoms with Crippen LogP contribution >= 0.6 is 23.1 Å². The van der Waals surface area contributed by atoms with Crippen molar-refractivity contribution in [3.8, 4) is 11.5 Å². The molecule has 1 aromatic heterocycles. The molecule has 234 valence electrons. The SMILES string of the molecule is CCOC(=O)COc1ccc([C@H]2c3sc(=O)[nH]c3SC3C2[C@H]2C[C@@H]3C3C(=O)N(c4ccc([N+](=O)[O-])cc4)C(=O)C32)cc1OCC. The van der Waals surface area contributed by atoms with Gasteiger partial charge < -0.3 is 19.2 Å². The Labute approximate surface area is 265 Å². The number of fused-ring (bicyclic) bond motifs is 9. The summed E-state index contributed by atoms with van der Waals surface area (Å²) in [7, 11) is 0. The van der Waals surface area contributed by atoms with E-state index in [0.717, 1.165) is 33.2 Å². The van der Waals surface area contributed by atoms with Crippen LogP contribution in [0, 0.1) is 39.7 Å². The maximum atomic E-state index is 14.0. The molecule has 2 aromatic carbocycles. The highest BCUT2D eigenvalue weighted by Gasteiger charge is 2.69. The molecule has 0 spiro atoms. The van der Waals surface area contributed by atoms with Gasteiger partial charge in [-0.2, -0.15) is 0 Å². The number of rotatable bonds is 9. The molecule has 2 aliphatic carbocycles. The maximum Gasteiger partial charge on any atom is 0.344 e. The smallest absolute Gasteiger partial charge is 0.344 e. The number of thiazole rings is 1. The molecule has 7 atom stereocenters. The molecule has 2 saturated carbocycles. The Hall–Kier alpha value is -4.17. The van der Waals surface area contributed by atoms with Crippen LogP contribution in [-0.4, -0.2) is 52.8 Å². The standard InChI is InChI=1S/C31H29N3O9S2/c1-3-41-20-11-14(5-10-19(20)43-13-21(35)42-4-2)22-23-17-12-18(26(23)44-28-27(22)45-31(38)32-28)25-24(17)29(36)33(30(25)37)15-6-8-16(9-7-15)34(39)40/h5-11,17-18,22-26H,3-4,12-13H2,1-2H3,(H,32,38)/t17-,18-,22-,23?,24?,25?,26?/m1/s1. The van der Waals surface area contributed by atoms with Gasteiger partial charge in [-0.1, -0.05) is 17.4 Å². The quantitative estimate of drug-likeness (QED) is 0.153. The zero-order valence-corrected chi connectivity index (χ0v) is 25.9. The van der Waals surface area contributed by atoms with Crippen molar-refractivity contribution in [2.24, 2.45) is 29.6 Å². The molecule has 3 aromatic rings. The van der Waals surface area contributed by atoms with Crippen LogP contribution in [0.1, 0.15) is 36.6 Å². The number of H-pyrrole nitrogens is 1. The monoisotopic (exact) mass is 651 g/mol. The van der Waals surface area contributed by atoms with Crippen molar-refractivity contribution in [3.05, 3.63) is 72.7 Å². The fourth-order valence-corrected chi connectivity index (χ4v) is 10.7. The normalized spacial score (nSPS) is 27.6. The average molecular weight is 652 g/mol. The van der Waals surface area contributed by atoms with E-state index in [2.05, 4.69) is 4.98 Å². The Morgan fingerprint density at radius 1 is 1.00 bits per heavy atom. The minimum absolute atomic E-state index is 0.0113. The first-order valence-corrected chi connectivity index (χ1v) is 16.5. The van der Waals surface area contributed by atoms with Crippen LogP contribution in [0.25, 0.3) is 0 Å². The van der Waals surface area contributed by atoms with Crippen LogP contribution in [0.2, 0.25) is 0 Å². The third kappa shape index (κ3) is 4.73. The molecular formula is C31H29N3O9S2. The lowest BCUT2D eigenvalue weighted by atomic mass is 9.68. The first-order chi connectivity index (χ1) is 21.7. The van der Waals surface area contributed by atoms with E-state index in [-0.39, 0.29) is 64.5 Å². The number of anilines is 1. The van der Waals surface area contributed by atoms with Crippen LogP contribution in [0.15, 0.2) is 52.3 Å². The number of nitro benzene ring substituents is 1. The summed E-state index contributed by atoms with van der Waals surface area (Å²) >= 11 is 2.75. The number of benzene rings is 2. The van der Waals surface area contributed by atoms with Gasteiger partial charge in [-0.3, -0.25) is 29.4 Å². The zero-order valence-electron chi connectivity index (χ0n) is 24.3. The number of nitro groups is 1. The molecule has 2 bridgehead atoms. The van der Waals surface area contributed by atoms with Crippen molar-refractivity contribution in [2.45, 2.75) is 36.5 Å². The predicted octanol–water partition coefficient (Wildman–Crippen LogP) is 4.36. The fraction of sp³-hybridized carbons (Fsp3) is 0.419. The van der Waals surface area contributed by atoms with Gasteiger partial charge in [0.05, 0.1) is 40.7 Å². The van der Waals surface area contributed by atoms with Crippen LogP contribution < -0.4 is 19.2 Å². The minimum Gasteiger partial charge on any atom is -0.490 e. The van der Waals surface area contributed by atoms with Crippen molar-refractivity contribution >= 4 is 52.3 Å². The Kier molecular flexibility index (Phi) is 7.43. The number of imide groups is 1. The van der Waals surface area contributed by atoms with Gasteiger partial charge in [0.25, 0.3) is 5.69 Å². The number of hydrogen-bond donors (Lipinski definition) is 1. The van der Waals surface area contributed by atoms with Crippen molar-refractivity contribution in [3.63, 3.8) is 0 Å². The number of non-ortho nitro benzene ring substituents is 1. The lowest BCUT2D eigenvalue weighted by Gasteiger charge is -2.43. The second kappa shape index (κ2) is 11.3. The summed E-state index contributed by atoms with van der Waals surface area (Å²) in [5.74, 6) is -1.66. The van der Waals surface area contributed by atoms with Gasteiger partial charge in [-0.25, -0.2) is 4.79 Å². The number of carbonyl (C=O) groups is 3. The van der Waals surface area contributed by atoms with Gasteiger partial charge in [0.15, 0.2) is 18.1 Å². The summed E-state index contributed by atoms with van der Waals surface area (Å²) in [5.41, 5.74) is 1.11. The number of ether oxygens (including phenoxy) is 3. The lowest BCUT2D eigenvalue weighted by molar-refractivity contribution is -0.384. The molecule has 3 fully saturated rings. The third-order valence-electron chi connectivity index (χ3n) is 9.32. The number of thioether (sulfide) groups is 1. The van der Waals surface area contributed by atoms with Crippen molar-refractivity contribution in [2.75, 3.05) is 24.7 Å². The number of carbonyl (C=O) groups excluding carboxylic acids is 3. The zero-order chi connectivity index (χ0) is 31.6. The van der Waals surface area contributed by atoms with E-state index in [9.17, 15) is 29.3 Å². The maximum absolute atomic E-state index is 14.0. The Balaban J connectivity index is 1.24. The summed E-state index contributed by atoms with van der Waals surface area (Å²) in [5, 5.41) is 11.9. The van der Waals surface area contributed by atoms with E-state index < -0.39 is 22.7 Å². The topological polar surface area (TPSA) is 158 Å². The number of hydrogen-bond acceptors (Lipinski definition) is 11. The molecule has 3 heterocycles. The summed E-state index contributed by atoms with van der Waals surface area (Å²) in [6.45, 7) is 3.90. The van der Waals surface area contributed by atoms with Crippen molar-refractivity contribution in [1.82, 2.24) is 4.98 Å². The van der Waals surface area contributed by atoms with Crippen LogP contribution in [0.4, 0.5) is 11.4 Å². The first-order valence-electron chi connectivity index (χ1n) is 14.8. The van der Waals surface area contributed by atoms with Crippen molar-refractivity contribution in [1.29, 1.82) is 0 Å². The molecule has 14 heteroatoms. The summed E-state index contributed by atoms with van der Waals surface area (Å²) in [6, 6.07) is 11.0. The second-order valence-corrected chi connectivity index (χ2v) is 13.7. The van der Waals surface area contributed by atoms with E-state index in [1.165, 1.54) is 29.2 Å². The van der Waals surface area contributed by atoms with E-state index in [1.54, 1.807) is 24.8 Å². The van der Waals surface area contributed by atoms with Crippen LogP contribution in [0.3, 0.4) is 0 Å². The number of aromatic amines is 1. The molecule has 2 amide bonds. The Bertz CT molecular complexity index is 1770. The highest BCUT2D eigenvalue weighted by molar-refractivity contribution is 8.00. The number of nitrogens with one attached hydrogen (secondary N) is 1. The van der Waals surface area contributed by atoms with Crippen molar-refractivity contribution < 1.29 is 33.5 Å². The molecule has 0 radical (unpaired) electrons. The van der Waals surface area contributed by atoms with Gasteiger partial charge in [0.1, 0.15) is 0 Å². The average Bonchev–Trinajstić information content (AvgIpc) is 3.75. The predicted molar refractivity (Wildman–Crippen MR) is 164 cm³/mol. The minimum atomic E-state index is -0.520. The van der Waals surface area contributed by atoms with E-state index >= 15 is 0 Å². The molecule has 12 nitrogen and oxygen atoms in total. The third-order valence-corrected chi connectivity index (χ3v) is 11.9. The van der Waals surface area contributed by atoms with E-state index in [1.807, 2.05) is 19.1 Å². The lowest BCUT2D eigenvalue weighted by Crippen LogP contribution is -2.42. The summed E-state index contributed by atoms with van der Waals surface area (Å²) < 4.78 is 16.6. The van der Waals surface area contributed by atoms with Gasteiger partial charge in [0.2, 0.25) is 11.8 Å². The van der Waals surface area contributed by atoms with Gasteiger partial charge >= 0.3 is 10.8 Å². The van der Waals surface area contributed by atoms with Crippen LogP contribution in [-0.2, 0) is 19.1 Å². The van der Waals surface area contributed by atoms with E-state index in [4.69, 9.17) is 14.2 Å². The molecule has 7 rings (SSSR count). The molecule has 1 N–H and O–H groups in total.